The van der Waals surface area contributed by atoms with Gasteiger partial charge >= 0.3 is 0 Å². The number of thiocarbonyl (C=S) groups is 1. The summed E-state index contributed by atoms with van der Waals surface area (Å²) in [7, 11) is 0. The molecule has 22 heavy (non-hydrogen) atoms. The van der Waals surface area contributed by atoms with Gasteiger partial charge in [-0.2, -0.15) is 0 Å². The van der Waals surface area contributed by atoms with Crippen LogP contribution in [-0.4, -0.2) is 11.0 Å². The minimum absolute atomic E-state index is 0.174. The smallest absolute Gasteiger partial charge is 0.238 e. The van der Waals surface area contributed by atoms with Crippen LogP contribution in [0.4, 0.5) is 10.1 Å². The highest BCUT2D eigenvalue weighted by Gasteiger charge is 2.03. The Morgan fingerprint density at radius 2 is 1.82 bits per heavy atom. The summed E-state index contributed by atoms with van der Waals surface area (Å²) in [4.78, 5) is 11.7. The molecule has 0 fully saturated rings. The standard InChI is InChI=1S/C16H16FN3OS/c17-13-7-4-8-14(11-13)18-16(22)20-19-15(21)10-9-12-5-2-1-3-6-12/h1-8,11H,9-10H2,(H,19,21)(H2,18,20,22). The second-order valence-corrected chi connectivity index (χ2v) is 5.03. The summed E-state index contributed by atoms with van der Waals surface area (Å²) in [5, 5.41) is 2.97. The molecule has 2 aromatic rings. The Morgan fingerprint density at radius 1 is 1.05 bits per heavy atom. The molecule has 0 heterocycles. The summed E-state index contributed by atoms with van der Waals surface area (Å²) in [5.41, 5.74) is 6.69. The van der Waals surface area contributed by atoms with Crippen molar-refractivity contribution in [1.29, 1.82) is 0 Å². The summed E-state index contributed by atoms with van der Waals surface area (Å²) in [6.07, 6.45) is 0.998. The van der Waals surface area contributed by atoms with Gasteiger partial charge in [0.25, 0.3) is 0 Å². The van der Waals surface area contributed by atoms with E-state index in [9.17, 15) is 9.18 Å². The molecular formula is C16H16FN3OS. The number of carbonyl (C=O) groups is 1. The Labute approximate surface area is 133 Å². The highest BCUT2D eigenvalue weighted by atomic mass is 32.1. The molecular weight excluding hydrogens is 301 g/mol. The molecule has 0 aromatic heterocycles. The minimum Gasteiger partial charge on any atom is -0.331 e. The van der Waals surface area contributed by atoms with E-state index < -0.39 is 0 Å². The molecule has 0 spiro atoms. The number of hydrazine groups is 1. The van der Waals surface area contributed by atoms with E-state index in [1.54, 1.807) is 12.1 Å². The van der Waals surface area contributed by atoms with Crippen LogP contribution in [0.5, 0.6) is 0 Å². The maximum atomic E-state index is 13.0. The summed E-state index contributed by atoms with van der Waals surface area (Å²) in [6.45, 7) is 0. The molecule has 0 bridgehead atoms. The van der Waals surface area contributed by atoms with Crippen LogP contribution in [-0.2, 0) is 11.2 Å². The third-order valence-corrected chi connectivity index (χ3v) is 3.09. The van der Waals surface area contributed by atoms with Gasteiger partial charge in [-0.3, -0.25) is 15.6 Å². The Balaban J connectivity index is 1.70. The Bertz CT molecular complexity index is 649. The number of nitrogens with one attached hydrogen (secondary N) is 3. The molecule has 0 atom stereocenters. The van der Waals surface area contributed by atoms with E-state index in [4.69, 9.17) is 12.2 Å². The Kier molecular flexibility index (Phi) is 5.85. The van der Waals surface area contributed by atoms with Crippen LogP contribution in [0.3, 0.4) is 0 Å². The van der Waals surface area contributed by atoms with E-state index >= 15 is 0 Å². The van der Waals surface area contributed by atoms with Crippen LogP contribution in [0.25, 0.3) is 0 Å². The van der Waals surface area contributed by atoms with Crippen LogP contribution >= 0.6 is 12.2 Å². The Morgan fingerprint density at radius 3 is 2.55 bits per heavy atom. The maximum absolute atomic E-state index is 13.0. The van der Waals surface area contributed by atoms with Gasteiger partial charge in [-0.15, -0.1) is 0 Å². The van der Waals surface area contributed by atoms with Gasteiger partial charge in [-0.05, 0) is 42.4 Å². The summed E-state index contributed by atoms with van der Waals surface area (Å²) >= 11 is 5.02. The number of halogens is 1. The number of benzene rings is 2. The first-order valence-corrected chi connectivity index (χ1v) is 7.19. The number of hydrogen-bond acceptors (Lipinski definition) is 2. The van der Waals surface area contributed by atoms with Gasteiger partial charge in [0, 0.05) is 12.1 Å². The highest BCUT2D eigenvalue weighted by molar-refractivity contribution is 7.80. The van der Waals surface area contributed by atoms with Gasteiger partial charge in [-0.25, -0.2) is 4.39 Å². The van der Waals surface area contributed by atoms with Gasteiger partial charge in [0.2, 0.25) is 5.91 Å². The number of carbonyl (C=O) groups excluding carboxylic acids is 1. The number of rotatable bonds is 4. The van der Waals surface area contributed by atoms with Crippen molar-refractivity contribution >= 4 is 28.9 Å². The lowest BCUT2D eigenvalue weighted by atomic mass is 10.1. The molecule has 6 heteroatoms. The fourth-order valence-electron chi connectivity index (χ4n) is 1.82. The van der Waals surface area contributed by atoms with Crippen molar-refractivity contribution in [2.75, 3.05) is 5.32 Å². The van der Waals surface area contributed by atoms with Crippen LogP contribution in [0.1, 0.15) is 12.0 Å². The third kappa shape index (κ3) is 5.49. The highest BCUT2D eigenvalue weighted by Crippen LogP contribution is 2.08. The number of hydrogen-bond donors (Lipinski definition) is 3. The molecule has 1 amide bonds. The molecule has 0 unspecified atom stereocenters. The molecule has 2 rings (SSSR count). The number of aryl methyl sites for hydroxylation is 1. The second-order valence-electron chi connectivity index (χ2n) is 4.62. The van der Waals surface area contributed by atoms with E-state index in [1.807, 2.05) is 30.3 Å². The molecule has 3 N–H and O–H groups in total. The predicted molar refractivity (Wildman–Crippen MR) is 88.7 cm³/mol. The number of amides is 1. The van der Waals surface area contributed by atoms with Crippen molar-refractivity contribution in [3.8, 4) is 0 Å². The zero-order valence-corrected chi connectivity index (χ0v) is 12.6. The van der Waals surface area contributed by atoms with E-state index in [0.29, 0.717) is 18.5 Å². The molecule has 0 saturated carbocycles. The number of anilines is 1. The van der Waals surface area contributed by atoms with Gasteiger partial charge < -0.3 is 5.32 Å². The van der Waals surface area contributed by atoms with Crippen molar-refractivity contribution in [1.82, 2.24) is 10.9 Å². The molecule has 0 aliphatic carbocycles. The van der Waals surface area contributed by atoms with Crippen LogP contribution in [0.15, 0.2) is 54.6 Å². The second kappa shape index (κ2) is 8.09. The predicted octanol–water partition coefficient (Wildman–Crippen LogP) is 2.78. The van der Waals surface area contributed by atoms with E-state index in [0.717, 1.165) is 5.56 Å². The average Bonchev–Trinajstić information content (AvgIpc) is 2.52. The van der Waals surface area contributed by atoms with Crippen molar-refractivity contribution in [3.05, 3.63) is 66.0 Å². The monoisotopic (exact) mass is 317 g/mol. The lowest BCUT2D eigenvalue weighted by Crippen LogP contribution is -2.43. The fourth-order valence-corrected chi connectivity index (χ4v) is 1.99. The quantitative estimate of drug-likeness (QED) is 0.599. The molecule has 0 saturated heterocycles. The van der Waals surface area contributed by atoms with Crippen LogP contribution in [0, 0.1) is 5.82 Å². The summed E-state index contributed by atoms with van der Waals surface area (Å²) in [6, 6.07) is 15.6. The van der Waals surface area contributed by atoms with E-state index in [-0.39, 0.29) is 16.8 Å². The first kappa shape index (κ1) is 15.9. The van der Waals surface area contributed by atoms with E-state index in [2.05, 4.69) is 16.2 Å². The van der Waals surface area contributed by atoms with Crippen molar-refractivity contribution in [3.63, 3.8) is 0 Å². The van der Waals surface area contributed by atoms with Crippen LogP contribution < -0.4 is 16.2 Å². The molecule has 2 aromatic carbocycles. The zero-order chi connectivity index (χ0) is 15.8. The summed E-state index contributed by atoms with van der Waals surface area (Å²) < 4.78 is 13.0. The fraction of sp³-hybridized carbons (Fsp3) is 0.125. The summed E-state index contributed by atoms with van der Waals surface area (Å²) in [5.74, 6) is -0.535. The lowest BCUT2D eigenvalue weighted by Gasteiger charge is -2.11. The molecule has 4 nitrogen and oxygen atoms in total. The normalized spacial score (nSPS) is 9.86. The van der Waals surface area contributed by atoms with Crippen LogP contribution in [0.2, 0.25) is 0 Å². The van der Waals surface area contributed by atoms with Crippen molar-refractivity contribution in [2.45, 2.75) is 12.8 Å². The molecule has 0 radical (unpaired) electrons. The largest absolute Gasteiger partial charge is 0.331 e. The minimum atomic E-state index is -0.361. The molecule has 0 aliphatic heterocycles. The average molecular weight is 317 g/mol. The first-order valence-electron chi connectivity index (χ1n) is 6.79. The lowest BCUT2D eigenvalue weighted by molar-refractivity contribution is -0.121. The van der Waals surface area contributed by atoms with E-state index in [1.165, 1.54) is 12.1 Å². The molecule has 0 aliphatic rings. The van der Waals surface area contributed by atoms with Crippen molar-refractivity contribution in [2.24, 2.45) is 0 Å². The van der Waals surface area contributed by atoms with Gasteiger partial charge in [0.15, 0.2) is 5.11 Å². The van der Waals surface area contributed by atoms with Gasteiger partial charge in [0.1, 0.15) is 5.82 Å². The Hall–Kier alpha value is -2.47. The first-order chi connectivity index (χ1) is 10.6. The third-order valence-electron chi connectivity index (χ3n) is 2.88. The van der Waals surface area contributed by atoms with Gasteiger partial charge in [-0.1, -0.05) is 36.4 Å². The topological polar surface area (TPSA) is 53.2 Å². The zero-order valence-electron chi connectivity index (χ0n) is 11.8. The molecule has 114 valence electrons. The SMILES string of the molecule is O=C(CCc1ccccc1)NNC(=S)Nc1cccc(F)c1. The van der Waals surface area contributed by atoms with Gasteiger partial charge in [0.05, 0.1) is 0 Å². The van der Waals surface area contributed by atoms with Crippen molar-refractivity contribution < 1.29 is 9.18 Å². The maximum Gasteiger partial charge on any atom is 0.238 e.